The highest BCUT2D eigenvalue weighted by atomic mass is 16.5. The van der Waals surface area contributed by atoms with Crippen molar-refractivity contribution < 1.29 is 13.9 Å². The molecule has 4 aromatic rings. The summed E-state index contributed by atoms with van der Waals surface area (Å²) in [5, 5.41) is 13.0. The minimum Gasteiger partial charge on any atom is -0.462 e. The normalized spacial score (nSPS) is 10.9. The highest BCUT2D eigenvalue weighted by Gasteiger charge is 2.22. The zero-order valence-electron chi connectivity index (χ0n) is 16.0. The molecule has 146 valence electrons. The van der Waals surface area contributed by atoms with Crippen LogP contribution in [0.4, 0.5) is 0 Å². The lowest BCUT2D eigenvalue weighted by molar-refractivity contribution is 0.0525. The van der Waals surface area contributed by atoms with Crippen LogP contribution in [0.25, 0.3) is 32.9 Å². The molecule has 0 radical (unpaired) electrons. The number of benzene rings is 3. The molecule has 0 aliphatic heterocycles. The van der Waals surface area contributed by atoms with Gasteiger partial charge in [-0.05, 0) is 41.0 Å². The van der Waals surface area contributed by atoms with Gasteiger partial charge in [-0.1, -0.05) is 48.5 Å². The number of ether oxygens (including phenoxy) is 1. The van der Waals surface area contributed by atoms with Gasteiger partial charge < -0.3 is 20.2 Å². The first kappa shape index (κ1) is 18.6. The maximum atomic E-state index is 12.5. The van der Waals surface area contributed by atoms with Crippen molar-refractivity contribution in [1.82, 2.24) is 5.32 Å². The Hall–Kier alpha value is -3.80. The van der Waals surface area contributed by atoms with Crippen molar-refractivity contribution in [3.63, 3.8) is 0 Å². The molecule has 0 amide bonds. The standard InChI is InChI=1S/C23H21N3O3/c1-2-28-22(27)21-18-11-10-15(12-19(18)29-20(21)13-26-23(24)25)17-9-5-7-14-6-3-4-8-16(14)17/h3-12H,2,13H2,1H3,(H4,24,25,26). The van der Waals surface area contributed by atoms with Crippen LogP contribution in [-0.2, 0) is 11.3 Å². The second kappa shape index (κ2) is 7.67. The van der Waals surface area contributed by atoms with Gasteiger partial charge in [0, 0.05) is 5.39 Å². The van der Waals surface area contributed by atoms with Gasteiger partial charge in [0.1, 0.15) is 16.9 Å². The largest absolute Gasteiger partial charge is 0.462 e. The summed E-state index contributed by atoms with van der Waals surface area (Å²) in [6.45, 7) is 2.15. The lowest BCUT2D eigenvalue weighted by Gasteiger charge is -2.07. The number of hydrogen-bond donors (Lipinski definition) is 3. The lowest BCUT2D eigenvalue weighted by atomic mass is 9.97. The molecule has 29 heavy (non-hydrogen) atoms. The van der Waals surface area contributed by atoms with Gasteiger partial charge in [0.05, 0.1) is 13.2 Å². The van der Waals surface area contributed by atoms with Gasteiger partial charge in [0.25, 0.3) is 0 Å². The van der Waals surface area contributed by atoms with Crippen LogP contribution in [0.3, 0.4) is 0 Å². The van der Waals surface area contributed by atoms with E-state index < -0.39 is 5.97 Å². The Morgan fingerprint density at radius 1 is 1.10 bits per heavy atom. The fraction of sp³-hybridized carbons (Fsp3) is 0.130. The molecular weight excluding hydrogens is 366 g/mol. The van der Waals surface area contributed by atoms with Gasteiger partial charge in [-0.3, -0.25) is 5.41 Å². The van der Waals surface area contributed by atoms with E-state index in [9.17, 15) is 4.79 Å². The highest BCUT2D eigenvalue weighted by molar-refractivity contribution is 6.06. The molecule has 0 aliphatic carbocycles. The minimum atomic E-state index is -0.454. The summed E-state index contributed by atoms with van der Waals surface area (Å²) in [5.74, 6) is -0.259. The number of nitrogens with one attached hydrogen (secondary N) is 2. The molecule has 1 heterocycles. The molecule has 0 saturated heterocycles. The van der Waals surface area contributed by atoms with E-state index in [1.807, 2.05) is 36.4 Å². The summed E-state index contributed by atoms with van der Waals surface area (Å²) in [7, 11) is 0. The summed E-state index contributed by atoms with van der Waals surface area (Å²) in [5.41, 5.74) is 8.41. The van der Waals surface area contributed by atoms with Gasteiger partial charge in [-0.15, -0.1) is 0 Å². The number of nitrogens with two attached hydrogens (primary N) is 1. The molecule has 0 unspecified atom stereocenters. The summed E-state index contributed by atoms with van der Waals surface area (Å²) < 4.78 is 11.2. The van der Waals surface area contributed by atoms with Gasteiger partial charge in [0.2, 0.25) is 0 Å². The highest BCUT2D eigenvalue weighted by Crippen LogP contribution is 2.34. The third-order valence-corrected chi connectivity index (χ3v) is 4.78. The van der Waals surface area contributed by atoms with Crippen LogP contribution in [0.5, 0.6) is 0 Å². The van der Waals surface area contributed by atoms with Crippen molar-refractivity contribution in [2.45, 2.75) is 13.5 Å². The topological polar surface area (TPSA) is 101 Å². The van der Waals surface area contributed by atoms with E-state index in [1.165, 1.54) is 0 Å². The van der Waals surface area contributed by atoms with Crippen molar-refractivity contribution in [1.29, 1.82) is 5.41 Å². The molecule has 6 nitrogen and oxygen atoms in total. The molecule has 4 rings (SSSR count). The van der Waals surface area contributed by atoms with Crippen LogP contribution in [-0.4, -0.2) is 18.5 Å². The van der Waals surface area contributed by atoms with Crippen LogP contribution in [0.15, 0.2) is 65.1 Å². The summed E-state index contributed by atoms with van der Waals surface area (Å²) in [6.07, 6.45) is 0. The van der Waals surface area contributed by atoms with Crippen LogP contribution in [0, 0.1) is 5.41 Å². The Bertz CT molecular complexity index is 1220. The number of guanidine groups is 1. The molecule has 0 saturated carbocycles. The van der Waals surface area contributed by atoms with Gasteiger partial charge in [-0.2, -0.15) is 0 Å². The number of rotatable bonds is 5. The zero-order valence-corrected chi connectivity index (χ0v) is 16.0. The number of fused-ring (bicyclic) bond motifs is 2. The molecule has 0 spiro atoms. The second-order valence-electron chi connectivity index (χ2n) is 6.63. The van der Waals surface area contributed by atoms with E-state index in [4.69, 9.17) is 20.3 Å². The van der Waals surface area contributed by atoms with Crippen molar-refractivity contribution in [3.05, 3.63) is 72.0 Å². The predicted molar refractivity (Wildman–Crippen MR) is 114 cm³/mol. The van der Waals surface area contributed by atoms with Gasteiger partial charge >= 0.3 is 5.97 Å². The van der Waals surface area contributed by atoms with Gasteiger partial charge in [-0.25, -0.2) is 4.79 Å². The Balaban J connectivity index is 1.85. The van der Waals surface area contributed by atoms with Gasteiger partial charge in [0.15, 0.2) is 5.96 Å². The molecule has 3 aromatic carbocycles. The maximum Gasteiger partial charge on any atom is 0.342 e. The number of esters is 1. The molecule has 0 bridgehead atoms. The quantitative estimate of drug-likeness (QED) is 0.267. The summed E-state index contributed by atoms with van der Waals surface area (Å²) >= 11 is 0. The minimum absolute atomic E-state index is 0.127. The van der Waals surface area contributed by atoms with Crippen LogP contribution in [0.1, 0.15) is 23.0 Å². The predicted octanol–water partition coefficient (Wildman–Crippen LogP) is 4.41. The molecule has 4 N–H and O–H groups in total. The Morgan fingerprint density at radius 3 is 2.69 bits per heavy atom. The first-order chi connectivity index (χ1) is 14.1. The van der Waals surface area contributed by atoms with E-state index in [0.717, 1.165) is 21.9 Å². The molecule has 0 aliphatic rings. The van der Waals surface area contributed by atoms with E-state index in [0.29, 0.717) is 22.3 Å². The van der Waals surface area contributed by atoms with E-state index in [1.54, 1.807) is 6.92 Å². The van der Waals surface area contributed by atoms with Crippen molar-refractivity contribution in [2.24, 2.45) is 5.73 Å². The average molecular weight is 387 g/mol. The lowest BCUT2D eigenvalue weighted by Crippen LogP contribution is -2.30. The van der Waals surface area contributed by atoms with E-state index >= 15 is 0 Å². The zero-order chi connectivity index (χ0) is 20.4. The van der Waals surface area contributed by atoms with E-state index in [-0.39, 0.29) is 19.1 Å². The van der Waals surface area contributed by atoms with Crippen LogP contribution in [0.2, 0.25) is 0 Å². The SMILES string of the molecule is CCOC(=O)c1c(CNC(=N)N)oc2cc(-c3cccc4ccccc34)ccc12. The Morgan fingerprint density at radius 2 is 1.90 bits per heavy atom. The molecule has 6 heteroatoms. The van der Waals surface area contributed by atoms with Crippen molar-refractivity contribution >= 4 is 33.7 Å². The van der Waals surface area contributed by atoms with Crippen molar-refractivity contribution in [2.75, 3.05) is 6.61 Å². The van der Waals surface area contributed by atoms with Crippen LogP contribution < -0.4 is 11.1 Å². The number of carbonyl (C=O) groups excluding carboxylic acids is 1. The second-order valence-corrected chi connectivity index (χ2v) is 6.63. The smallest absolute Gasteiger partial charge is 0.342 e. The van der Waals surface area contributed by atoms with E-state index in [2.05, 4.69) is 29.6 Å². The molecule has 0 atom stereocenters. The third kappa shape index (κ3) is 3.52. The first-order valence-corrected chi connectivity index (χ1v) is 9.37. The molecular formula is C23H21N3O3. The molecule has 0 fully saturated rings. The Labute approximate surface area is 167 Å². The van der Waals surface area contributed by atoms with Crippen LogP contribution >= 0.6 is 0 Å². The summed E-state index contributed by atoms with van der Waals surface area (Å²) in [6, 6.07) is 20.1. The Kier molecular flexibility index (Phi) is 4.91. The first-order valence-electron chi connectivity index (χ1n) is 9.37. The number of carbonyl (C=O) groups is 1. The summed E-state index contributed by atoms with van der Waals surface area (Å²) in [4.78, 5) is 12.5. The number of hydrogen-bond acceptors (Lipinski definition) is 4. The number of furan rings is 1. The fourth-order valence-corrected chi connectivity index (χ4v) is 3.52. The monoisotopic (exact) mass is 387 g/mol. The fourth-order valence-electron chi connectivity index (χ4n) is 3.52. The maximum absolute atomic E-state index is 12.5. The van der Waals surface area contributed by atoms with Crippen molar-refractivity contribution in [3.8, 4) is 11.1 Å². The third-order valence-electron chi connectivity index (χ3n) is 4.78. The average Bonchev–Trinajstić information content (AvgIpc) is 3.09. The molecule has 1 aromatic heterocycles.